The number of benzene rings is 1. The van der Waals surface area contributed by atoms with Crippen LogP contribution in [0.3, 0.4) is 0 Å². The monoisotopic (exact) mass is 318 g/mol. The van der Waals surface area contributed by atoms with E-state index < -0.39 is 7.60 Å². The maximum atomic E-state index is 12.4. The number of hydrogen-bond donors (Lipinski definition) is 0. The second kappa shape index (κ2) is 5.23. The molecule has 1 saturated heterocycles. The summed E-state index contributed by atoms with van der Waals surface area (Å²) in [4.78, 5) is 0. The van der Waals surface area contributed by atoms with Gasteiger partial charge in [0.25, 0.3) is 0 Å². The van der Waals surface area contributed by atoms with Crippen molar-refractivity contribution in [3.05, 3.63) is 34.3 Å². The topological polar surface area (TPSA) is 35.5 Å². The molecule has 0 saturated carbocycles. The van der Waals surface area contributed by atoms with Crippen LogP contribution < -0.4 is 0 Å². The normalized spacial score (nSPS) is 29.5. The van der Waals surface area contributed by atoms with Crippen LogP contribution in [0.15, 0.2) is 28.7 Å². The zero-order valence-electron chi connectivity index (χ0n) is 9.93. The van der Waals surface area contributed by atoms with Gasteiger partial charge in [-0.2, -0.15) is 0 Å². The molecule has 0 radical (unpaired) electrons. The minimum absolute atomic E-state index is 0.104. The maximum absolute atomic E-state index is 12.4. The van der Waals surface area contributed by atoms with Crippen LogP contribution in [-0.2, 0) is 13.6 Å². The summed E-state index contributed by atoms with van der Waals surface area (Å²) in [5.41, 5.74) is 0.935. The van der Waals surface area contributed by atoms with Gasteiger partial charge >= 0.3 is 7.60 Å². The Kier molecular flexibility index (Phi) is 4.09. The molecule has 1 aliphatic heterocycles. The van der Waals surface area contributed by atoms with Gasteiger partial charge in [-0.25, -0.2) is 0 Å². The van der Waals surface area contributed by atoms with Gasteiger partial charge in [0.05, 0.1) is 18.4 Å². The zero-order chi connectivity index (χ0) is 12.5. The van der Waals surface area contributed by atoms with Crippen LogP contribution in [0.2, 0.25) is 0 Å². The van der Waals surface area contributed by atoms with Gasteiger partial charge in [-0.1, -0.05) is 48.0 Å². The molecule has 1 aliphatic rings. The third kappa shape index (κ3) is 2.82. The van der Waals surface area contributed by atoms with E-state index in [1.807, 2.05) is 38.1 Å². The summed E-state index contributed by atoms with van der Waals surface area (Å²) in [7, 11) is -2.95. The summed E-state index contributed by atoms with van der Waals surface area (Å²) in [5.74, 6) is 0. The van der Waals surface area contributed by atoms with Crippen molar-refractivity contribution in [3.8, 4) is 0 Å². The van der Waals surface area contributed by atoms with Gasteiger partial charge in [0.2, 0.25) is 0 Å². The van der Waals surface area contributed by atoms with Crippen molar-refractivity contribution in [2.24, 2.45) is 0 Å². The third-order valence-electron chi connectivity index (χ3n) is 2.81. The van der Waals surface area contributed by atoms with Gasteiger partial charge < -0.3 is 9.05 Å². The van der Waals surface area contributed by atoms with E-state index in [2.05, 4.69) is 15.9 Å². The Hall–Kier alpha value is -0.150. The van der Waals surface area contributed by atoms with Crippen LogP contribution in [0, 0.1) is 0 Å². The van der Waals surface area contributed by atoms with Gasteiger partial charge in [-0.05, 0) is 11.6 Å². The Morgan fingerprint density at radius 1 is 1.41 bits per heavy atom. The summed E-state index contributed by atoms with van der Waals surface area (Å²) in [5, 5.41) is 0. The lowest BCUT2D eigenvalue weighted by Crippen LogP contribution is -2.18. The summed E-state index contributed by atoms with van der Waals surface area (Å²) in [6.07, 6.45) is 0.590. The second-order valence-corrected chi connectivity index (χ2v) is 7.81. The Labute approximate surface area is 110 Å². The molecule has 1 aromatic carbocycles. The van der Waals surface area contributed by atoms with E-state index in [0.717, 1.165) is 16.5 Å². The van der Waals surface area contributed by atoms with Crippen molar-refractivity contribution in [3.63, 3.8) is 0 Å². The molecule has 2 rings (SSSR count). The fourth-order valence-corrected chi connectivity index (χ4v) is 3.84. The highest BCUT2D eigenvalue weighted by Gasteiger charge is 2.37. The van der Waals surface area contributed by atoms with Crippen LogP contribution >= 0.6 is 23.5 Å². The standard InChI is InChI=1S/C12H16BrO3P/c1-9(2)17(14)15-8-7-12(16-17)10-5-3-4-6-11(10)13/h3-6,9,12H,7-8H2,1-2H3. The average Bonchev–Trinajstić information content (AvgIpc) is 2.29. The van der Waals surface area contributed by atoms with E-state index in [4.69, 9.17) is 9.05 Å². The lowest BCUT2D eigenvalue weighted by atomic mass is 10.1. The van der Waals surface area contributed by atoms with Crippen LogP contribution in [0.1, 0.15) is 31.9 Å². The molecule has 0 aromatic heterocycles. The van der Waals surface area contributed by atoms with Crippen LogP contribution in [0.25, 0.3) is 0 Å². The van der Waals surface area contributed by atoms with E-state index >= 15 is 0 Å². The minimum Gasteiger partial charge on any atom is -0.308 e. The predicted octanol–water partition coefficient (Wildman–Crippen LogP) is 4.53. The average molecular weight is 319 g/mol. The number of halogens is 1. The highest BCUT2D eigenvalue weighted by Crippen LogP contribution is 2.59. The minimum atomic E-state index is -2.95. The van der Waals surface area contributed by atoms with Gasteiger partial charge in [-0.15, -0.1) is 0 Å². The van der Waals surface area contributed by atoms with E-state index in [-0.39, 0.29) is 11.8 Å². The molecule has 1 heterocycles. The van der Waals surface area contributed by atoms with Gasteiger partial charge in [0.15, 0.2) is 0 Å². The highest BCUT2D eigenvalue weighted by atomic mass is 79.9. The fraction of sp³-hybridized carbons (Fsp3) is 0.500. The molecular formula is C12H16BrO3P. The summed E-state index contributed by atoms with van der Waals surface area (Å²) < 4.78 is 24.4. The van der Waals surface area contributed by atoms with Gasteiger partial charge in [0.1, 0.15) is 0 Å². The molecule has 1 aromatic rings. The first-order valence-electron chi connectivity index (χ1n) is 5.70. The Balaban J connectivity index is 2.24. The summed E-state index contributed by atoms with van der Waals surface area (Å²) >= 11 is 3.50. The first kappa shape index (κ1) is 13.3. The Morgan fingerprint density at radius 2 is 2.12 bits per heavy atom. The largest absolute Gasteiger partial charge is 0.333 e. The molecule has 94 valence electrons. The van der Waals surface area contributed by atoms with E-state index in [1.54, 1.807) is 0 Å². The summed E-state index contributed by atoms with van der Waals surface area (Å²) in [6.45, 7) is 4.22. The molecule has 17 heavy (non-hydrogen) atoms. The number of rotatable bonds is 2. The zero-order valence-corrected chi connectivity index (χ0v) is 12.4. The molecule has 0 N–H and O–H groups in total. The molecule has 0 amide bonds. The van der Waals surface area contributed by atoms with Crippen molar-refractivity contribution in [2.45, 2.75) is 32.0 Å². The van der Waals surface area contributed by atoms with Crippen molar-refractivity contribution < 1.29 is 13.6 Å². The smallest absolute Gasteiger partial charge is 0.308 e. The Bertz CT molecular complexity index is 447. The molecule has 5 heteroatoms. The van der Waals surface area contributed by atoms with Gasteiger partial charge in [0, 0.05) is 10.9 Å². The third-order valence-corrected chi connectivity index (χ3v) is 5.89. The van der Waals surface area contributed by atoms with E-state index in [9.17, 15) is 4.57 Å². The van der Waals surface area contributed by atoms with Crippen molar-refractivity contribution in [1.29, 1.82) is 0 Å². The lowest BCUT2D eigenvalue weighted by Gasteiger charge is -2.32. The van der Waals surface area contributed by atoms with Crippen molar-refractivity contribution in [1.82, 2.24) is 0 Å². The van der Waals surface area contributed by atoms with Crippen molar-refractivity contribution >= 4 is 23.5 Å². The SMILES string of the molecule is CC(C)P1(=O)OCCC(c2ccccc2Br)O1. The number of hydrogen-bond acceptors (Lipinski definition) is 3. The molecule has 2 unspecified atom stereocenters. The van der Waals surface area contributed by atoms with Crippen LogP contribution in [0.5, 0.6) is 0 Å². The molecule has 2 atom stereocenters. The molecule has 3 nitrogen and oxygen atoms in total. The highest BCUT2D eigenvalue weighted by molar-refractivity contribution is 9.10. The van der Waals surface area contributed by atoms with Crippen LogP contribution in [-0.4, -0.2) is 12.3 Å². The van der Waals surface area contributed by atoms with E-state index in [0.29, 0.717) is 6.61 Å². The molecule has 0 spiro atoms. The van der Waals surface area contributed by atoms with Crippen LogP contribution in [0.4, 0.5) is 0 Å². The fourth-order valence-electron chi connectivity index (χ4n) is 1.77. The molecular weight excluding hydrogens is 303 g/mol. The van der Waals surface area contributed by atoms with Crippen molar-refractivity contribution in [2.75, 3.05) is 6.61 Å². The quantitative estimate of drug-likeness (QED) is 0.751. The Morgan fingerprint density at radius 3 is 2.76 bits per heavy atom. The first-order valence-corrected chi connectivity index (χ1v) is 8.10. The maximum Gasteiger partial charge on any atom is 0.333 e. The lowest BCUT2D eigenvalue weighted by molar-refractivity contribution is 0.0777. The molecule has 1 fully saturated rings. The predicted molar refractivity (Wildman–Crippen MR) is 71.3 cm³/mol. The second-order valence-electron chi connectivity index (χ2n) is 4.37. The van der Waals surface area contributed by atoms with E-state index in [1.165, 1.54) is 0 Å². The molecule has 0 aliphatic carbocycles. The summed E-state index contributed by atoms with van der Waals surface area (Å²) in [6, 6.07) is 7.87. The molecule has 0 bridgehead atoms. The first-order chi connectivity index (χ1) is 8.03. The van der Waals surface area contributed by atoms with Gasteiger partial charge in [-0.3, -0.25) is 4.57 Å².